The average molecular weight is 424 g/mol. The van der Waals surface area contributed by atoms with Gasteiger partial charge in [-0.25, -0.2) is 0 Å². The van der Waals surface area contributed by atoms with Gasteiger partial charge in [0.2, 0.25) is 5.91 Å². The Bertz CT molecular complexity index is 699. The van der Waals surface area contributed by atoms with Crippen LogP contribution in [0.1, 0.15) is 56.9 Å². The molecule has 0 radical (unpaired) electrons. The zero-order chi connectivity index (χ0) is 21.1. The third-order valence-corrected chi connectivity index (χ3v) is 7.13. The lowest BCUT2D eigenvalue weighted by Gasteiger charge is -2.40. The van der Waals surface area contributed by atoms with Crippen molar-refractivity contribution in [3.8, 4) is 0 Å². The summed E-state index contributed by atoms with van der Waals surface area (Å²) in [5, 5.41) is 3.34. The maximum atomic E-state index is 13.0. The van der Waals surface area contributed by atoms with E-state index >= 15 is 0 Å². The quantitative estimate of drug-likeness (QED) is 0.758. The Labute approximate surface area is 176 Å². The summed E-state index contributed by atoms with van der Waals surface area (Å²) in [6, 6.07) is 6.15. The van der Waals surface area contributed by atoms with Crippen molar-refractivity contribution >= 4 is 11.6 Å². The Morgan fingerprint density at radius 1 is 0.867 bits per heavy atom. The molecule has 1 saturated heterocycles. The monoisotopic (exact) mass is 423 g/mol. The van der Waals surface area contributed by atoms with E-state index in [4.69, 9.17) is 0 Å². The van der Waals surface area contributed by atoms with Crippen LogP contribution in [-0.4, -0.2) is 54.0 Å². The van der Waals surface area contributed by atoms with Crippen molar-refractivity contribution in [3.05, 3.63) is 29.8 Å². The summed E-state index contributed by atoms with van der Waals surface area (Å²) >= 11 is 0. The van der Waals surface area contributed by atoms with Crippen LogP contribution >= 0.6 is 0 Å². The molecule has 0 bridgehead atoms. The number of carbonyl (C=O) groups is 1. The lowest BCUT2D eigenvalue weighted by Crippen LogP contribution is -2.53. The van der Waals surface area contributed by atoms with E-state index in [0.717, 1.165) is 70.0 Å². The molecule has 4 rings (SSSR count). The highest BCUT2D eigenvalue weighted by atomic mass is 19.4. The molecule has 2 saturated carbocycles. The smallest absolute Gasteiger partial charge is 0.382 e. The second-order valence-electron chi connectivity index (χ2n) is 9.07. The maximum Gasteiger partial charge on any atom is 0.416 e. The summed E-state index contributed by atoms with van der Waals surface area (Å²) in [7, 11) is 0. The van der Waals surface area contributed by atoms with Gasteiger partial charge in [-0.1, -0.05) is 12.8 Å². The third-order valence-electron chi connectivity index (χ3n) is 7.13. The number of rotatable bonds is 4. The standard InChI is InChI=1S/C23H32F3N3O/c24-23(25,26)18-7-11-20(12-8-18)27-19-9-5-17(6-10-19)22(30)29-15-13-28(14-16-29)21-3-1-2-4-21/h7-8,11-12,17,19,21,27H,1-6,9-10,13-16H2/t17-,19+. The molecule has 1 amide bonds. The van der Waals surface area contributed by atoms with Crippen LogP contribution in [0.15, 0.2) is 24.3 Å². The molecule has 1 aromatic rings. The molecule has 0 aromatic heterocycles. The fourth-order valence-corrected chi connectivity index (χ4v) is 5.31. The van der Waals surface area contributed by atoms with Crippen molar-refractivity contribution in [2.45, 2.75) is 69.6 Å². The highest BCUT2D eigenvalue weighted by molar-refractivity contribution is 5.79. The van der Waals surface area contributed by atoms with Crippen molar-refractivity contribution in [1.29, 1.82) is 0 Å². The number of benzene rings is 1. The minimum atomic E-state index is -4.31. The van der Waals surface area contributed by atoms with Crippen LogP contribution in [-0.2, 0) is 11.0 Å². The van der Waals surface area contributed by atoms with Gasteiger partial charge < -0.3 is 10.2 Å². The van der Waals surface area contributed by atoms with Gasteiger partial charge in [0, 0.05) is 49.9 Å². The van der Waals surface area contributed by atoms with E-state index in [1.807, 2.05) is 0 Å². The van der Waals surface area contributed by atoms with Gasteiger partial charge in [-0.15, -0.1) is 0 Å². The van der Waals surface area contributed by atoms with Gasteiger partial charge >= 0.3 is 6.18 Å². The van der Waals surface area contributed by atoms with E-state index < -0.39 is 11.7 Å². The van der Waals surface area contributed by atoms with Crippen LogP contribution in [0.3, 0.4) is 0 Å². The van der Waals surface area contributed by atoms with Gasteiger partial charge in [-0.2, -0.15) is 13.2 Å². The number of amides is 1. The Kier molecular flexibility index (Phi) is 6.56. The number of hydrogen-bond donors (Lipinski definition) is 1. The number of nitrogens with zero attached hydrogens (tertiary/aromatic N) is 2. The lowest BCUT2D eigenvalue weighted by atomic mass is 9.85. The Morgan fingerprint density at radius 3 is 2.03 bits per heavy atom. The van der Waals surface area contributed by atoms with Gasteiger partial charge in [0.05, 0.1) is 5.56 Å². The molecule has 0 atom stereocenters. The molecule has 1 aliphatic heterocycles. The number of anilines is 1. The fourth-order valence-electron chi connectivity index (χ4n) is 5.31. The number of nitrogens with one attached hydrogen (secondary N) is 1. The highest BCUT2D eigenvalue weighted by Gasteiger charge is 2.33. The number of carbonyl (C=O) groups excluding carboxylic acids is 1. The summed E-state index contributed by atoms with van der Waals surface area (Å²) in [6.45, 7) is 3.70. The van der Waals surface area contributed by atoms with Crippen molar-refractivity contribution in [1.82, 2.24) is 9.80 Å². The molecule has 1 aromatic carbocycles. The number of halogens is 3. The minimum Gasteiger partial charge on any atom is -0.382 e. The third kappa shape index (κ3) is 5.10. The van der Waals surface area contributed by atoms with Crippen molar-refractivity contribution in [2.24, 2.45) is 5.92 Å². The molecule has 3 aliphatic rings. The van der Waals surface area contributed by atoms with E-state index in [9.17, 15) is 18.0 Å². The van der Waals surface area contributed by atoms with E-state index in [2.05, 4.69) is 15.1 Å². The van der Waals surface area contributed by atoms with E-state index in [-0.39, 0.29) is 12.0 Å². The first kappa shape index (κ1) is 21.5. The first-order valence-electron chi connectivity index (χ1n) is 11.4. The fraction of sp³-hybridized carbons (Fsp3) is 0.696. The molecule has 3 fully saturated rings. The molecule has 1 N–H and O–H groups in total. The van der Waals surface area contributed by atoms with Gasteiger partial charge in [0.25, 0.3) is 0 Å². The maximum absolute atomic E-state index is 13.0. The molecule has 0 unspecified atom stereocenters. The van der Waals surface area contributed by atoms with Crippen LogP contribution in [0.5, 0.6) is 0 Å². The molecule has 30 heavy (non-hydrogen) atoms. The van der Waals surface area contributed by atoms with Gasteiger partial charge in [0.15, 0.2) is 0 Å². The zero-order valence-electron chi connectivity index (χ0n) is 17.5. The molecule has 0 spiro atoms. The lowest BCUT2D eigenvalue weighted by molar-refractivity contribution is -0.139. The van der Waals surface area contributed by atoms with E-state index in [1.165, 1.54) is 37.8 Å². The average Bonchev–Trinajstić information content (AvgIpc) is 3.29. The summed E-state index contributed by atoms with van der Waals surface area (Å²) in [4.78, 5) is 17.6. The first-order valence-corrected chi connectivity index (χ1v) is 11.4. The predicted octanol–water partition coefficient (Wildman–Crippen LogP) is 4.76. The second kappa shape index (κ2) is 9.16. The van der Waals surface area contributed by atoms with Crippen LogP contribution in [0.25, 0.3) is 0 Å². The topological polar surface area (TPSA) is 35.6 Å². The van der Waals surface area contributed by atoms with E-state index in [1.54, 1.807) is 0 Å². The van der Waals surface area contributed by atoms with Crippen molar-refractivity contribution in [3.63, 3.8) is 0 Å². The number of piperazine rings is 1. The highest BCUT2D eigenvalue weighted by Crippen LogP contribution is 2.32. The molecule has 166 valence electrons. The number of alkyl halides is 3. The summed E-state index contributed by atoms with van der Waals surface area (Å²) in [5.41, 5.74) is 0.0798. The van der Waals surface area contributed by atoms with Crippen LogP contribution in [0.2, 0.25) is 0 Å². The molecule has 4 nitrogen and oxygen atoms in total. The van der Waals surface area contributed by atoms with Gasteiger partial charge in [-0.05, 0) is 62.8 Å². The molecular weight excluding hydrogens is 391 g/mol. The Morgan fingerprint density at radius 2 is 1.47 bits per heavy atom. The normalized spacial score (nSPS) is 26.7. The Hall–Kier alpha value is -1.76. The molecule has 7 heteroatoms. The molecule has 2 aliphatic carbocycles. The van der Waals surface area contributed by atoms with Crippen molar-refractivity contribution < 1.29 is 18.0 Å². The van der Waals surface area contributed by atoms with Gasteiger partial charge in [0.1, 0.15) is 0 Å². The van der Waals surface area contributed by atoms with E-state index in [0.29, 0.717) is 11.6 Å². The van der Waals surface area contributed by atoms with Crippen LogP contribution in [0.4, 0.5) is 18.9 Å². The summed E-state index contributed by atoms with van der Waals surface area (Å²) in [5.74, 6) is 0.391. The zero-order valence-corrected chi connectivity index (χ0v) is 17.5. The van der Waals surface area contributed by atoms with Crippen LogP contribution < -0.4 is 5.32 Å². The van der Waals surface area contributed by atoms with Gasteiger partial charge in [-0.3, -0.25) is 9.69 Å². The van der Waals surface area contributed by atoms with Crippen molar-refractivity contribution in [2.75, 3.05) is 31.5 Å². The molecular formula is C23H32F3N3O. The number of hydrogen-bond acceptors (Lipinski definition) is 3. The minimum absolute atomic E-state index is 0.0914. The van der Waals surface area contributed by atoms with Crippen LogP contribution in [0, 0.1) is 5.92 Å². The summed E-state index contributed by atoms with van der Waals surface area (Å²) < 4.78 is 38.1. The largest absolute Gasteiger partial charge is 0.416 e. The Balaban J connectivity index is 1.21. The SMILES string of the molecule is O=C([C@H]1CC[C@@H](Nc2ccc(C(F)(F)F)cc2)CC1)N1CCN(C2CCCC2)CC1. The first-order chi connectivity index (χ1) is 14.4. The second-order valence-corrected chi connectivity index (χ2v) is 9.07. The summed E-state index contributed by atoms with van der Waals surface area (Å²) in [6.07, 6.45) is 4.44. The predicted molar refractivity (Wildman–Crippen MR) is 111 cm³/mol. The molecule has 1 heterocycles.